The first-order valence-corrected chi connectivity index (χ1v) is 8.06. The van der Waals surface area contributed by atoms with Gasteiger partial charge < -0.3 is 0 Å². The zero-order valence-corrected chi connectivity index (χ0v) is 11.8. The first kappa shape index (κ1) is 13.6. The lowest BCUT2D eigenvalue weighted by molar-refractivity contribution is 0.310. The molecule has 0 unspecified atom stereocenters. The molecule has 100 valence electrons. The highest BCUT2D eigenvalue weighted by atomic mass is 32.2. The summed E-state index contributed by atoms with van der Waals surface area (Å²) in [7, 11) is -3.36. The number of benzene rings is 1. The van der Waals surface area contributed by atoms with Gasteiger partial charge in [0.15, 0.2) is 0 Å². The first-order chi connectivity index (χ1) is 8.49. The molecule has 1 saturated carbocycles. The monoisotopic (exact) mass is 267 g/mol. The van der Waals surface area contributed by atoms with Crippen molar-refractivity contribution >= 4 is 10.0 Å². The van der Waals surface area contributed by atoms with E-state index >= 15 is 0 Å². The van der Waals surface area contributed by atoms with Crippen LogP contribution in [-0.2, 0) is 10.0 Å². The Morgan fingerprint density at radius 3 is 2.33 bits per heavy atom. The summed E-state index contributed by atoms with van der Waals surface area (Å²) in [6, 6.07) is 7.10. The SMILES string of the molecule is Cc1ccc(S(=O)(=O)N[C@H]2CCCC[C@@H]2C)cc1. The maximum absolute atomic E-state index is 12.2. The Morgan fingerprint density at radius 1 is 1.11 bits per heavy atom. The van der Waals surface area contributed by atoms with Gasteiger partial charge in [-0.05, 0) is 37.8 Å². The maximum Gasteiger partial charge on any atom is 0.240 e. The van der Waals surface area contributed by atoms with Crippen molar-refractivity contribution in [1.29, 1.82) is 0 Å². The lowest BCUT2D eigenvalue weighted by atomic mass is 9.87. The Morgan fingerprint density at radius 2 is 1.72 bits per heavy atom. The van der Waals surface area contributed by atoms with E-state index in [0.29, 0.717) is 10.8 Å². The van der Waals surface area contributed by atoms with Gasteiger partial charge in [-0.25, -0.2) is 13.1 Å². The molecule has 0 bridgehead atoms. The number of nitrogens with one attached hydrogen (secondary N) is 1. The number of hydrogen-bond acceptors (Lipinski definition) is 2. The summed E-state index contributed by atoms with van der Waals surface area (Å²) in [6.45, 7) is 4.08. The highest BCUT2D eigenvalue weighted by Crippen LogP contribution is 2.25. The molecule has 0 heterocycles. The van der Waals surface area contributed by atoms with Gasteiger partial charge in [-0.3, -0.25) is 0 Å². The minimum Gasteiger partial charge on any atom is -0.208 e. The lowest BCUT2D eigenvalue weighted by Crippen LogP contribution is -2.40. The zero-order valence-electron chi connectivity index (χ0n) is 11.0. The van der Waals surface area contributed by atoms with Gasteiger partial charge in [0, 0.05) is 6.04 Å². The maximum atomic E-state index is 12.2. The lowest BCUT2D eigenvalue weighted by Gasteiger charge is -2.29. The largest absolute Gasteiger partial charge is 0.240 e. The van der Waals surface area contributed by atoms with Gasteiger partial charge in [-0.15, -0.1) is 0 Å². The van der Waals surface area contributed by atoms with Crippen LogP contribution in [0.5, 0.6) is 0 Å². The molecule has 0 aromatic heterocycles. The number of hydrogen-bond donors (Lipinski definition) is 1. The molecule has 2 rings (SSSR count). The Labute approximate surface area is 110 Å². The summed E-state index contributed by atoms with van der Waals surface area (Å²) < 4.78 is 27.3. The van der Waals surface area contributed by atoms with Gasteiger partial charge in [0.2, 0.25) is 10.0 Å². The van der Waals surface area contributed by atoms with Crippen molar-refractivity contribution in [2.75, 3.05) is 0 Å². The molecule has 2 atom stereocenters. The average Bonchev–Trinajstić information content (AvgIpc) is 2.32. The Bertz CT molecular complexity index is 493. The minimum atomic E-state index is -3.36. The van der Waals surface area contributed by atoms with Crippen LogP contribution >= 0.6 is 0 Å². The molecule has 0 spiro atoms. The van der Waals surface area contributed by atoms with Crippen LogP contribution in [0.4, 0.5) is 0 Å². The molecule has 0 radical (unpaired) electrons. The molecular weight excluding hydrogens is 246 g/mol. The molecule has 18 heavy (non-hydrogen) atoms. The van der Waals surface area contributed by atoms with E-state index in [-0.39, 0.29) is 6.04 Å². The summed E-state index contributed by atoms with van der Waals surface area (Å²) in [4.78, 5) is 0.367. The molecule has 0 saturated heterocycles. The van der Waals surface area contributed by atoms with E-state index in [1.165, 1.54) is 6.42 Å². The fourth-order valence-electron chi connectivity index (χ4n) is 2.48. The van der Waals surface area contributed by atoms with E-state index < -0.39 is 10.0 Å². The number of aryl methyl sites for hydroxylation is 1. The Balaban J connectivity index is 2.13. The molecule has 4 heteroatoms. The predicted octanol–water partition coefficient (Wildman–Crippen LogP) is 2.85. The van der Waals surface area contributed by atoms with Crippen molar-refractivity contribution < 1.29 is 8.42 Å². The van der Waals surface area contributed by atoms with Gasteiger partial charge in [0.1, 0.15) is 0 Å². The minimum absolute atomic E-state index is 0.0880. The highest BCUT2D eigenvalue weighted by molar-refractivity contribution is 7.89. The van der Waals surface area contributed by atoms with Crippen molar-refractivity contribution in [2.24, 2.45) is 5.92 Å². The molecule has 3 nitrogen and oxygen atoms in total. The van der Waals surface area contributed by atoms with E-state index in [9.17, 15) is 8.42 Å². The Hall–Kier alpha value is -0.870. The van der Waals surface area contributed by atoms with E-state index in [1.807, 2.05) is 19.1 Å². The van der Waals surface area contributed by atoms with Crippen molar-refractivity contribution in [3.05, 3.63) is 29.8 Å². The first-order valence-electron chi connectivity index (χ1n) is 6.58. The van der Waals surface area contributed by atoms with Gasteiger partial charge in [0.25, 0.3) is 0 Å². The Kier molecular flexibility index (Phi) is 4.07. The smallest absolute Gasteiger partial charge is 0.208 e. The molecule has 1 aliphatic carbocycles. The van der Waals surface area contributed by atoms with E-state index in [4.69, 9.17) is 0 Å². The fraction of sp³-hybridized carbons (Fsp3) is 0.571. The van der Waals surface area contributed by atoms with Gasteiger partial charge in [-0.1, -0.05) is 37.5 Å². The quantitative estimate of drug-likeness (QED) is 0.915. The second kappa shape index (κ2) is 5.41. The van der Waals surface area contributed by atoms with Crippen LogP contribution in [0.2, 0.25) is 0 Å². The van der Waals surface area contributed by atoms with Crippen molar-refractivity contribution in [1.82, 2.24) is 4.72 Å². The molecular formula is C14H21NO2S. The highest BCUT2D eigenvalue weighted by Gasteiger charge is 2.26. The summed E-state index contributed by atoms with van der Waals surface area (Å²) in [5, 5.41) is 0. The fourth-order valence-corrected chi connectivity index (χ4v) is 3.86. The van der Waals surface area contributed by atoms with E-state index in [2.05, 4.69) is 11.6 Å². The van der Waals surface area contributed by atoms with Crippen LogP contribution in [0.25, 0.3) is 0 Å². The number of rotatable bonds is 3. The van der Waals surface area contributed by atoms with Gasteiger partial charge in [0.05, 0.1) is 4.90 Å². The normalized spacial score (nSPS) is 25.0. The van der Waals surface area contributed by atoms with E-state index in [0.717, 1.165) is 24.8 Å². The number of sulfonamides is 1. The summed E-state index contributed by atoms with van der Waals surface area (Å²) in [6.07, 6.45) is 4.39. The molecule has 0 aliphatic heterocycles. The molecule has 1 aromatic carbocycles. The third kappa shape index (κ3) is 3.12. The third-order valence-corrected chi connectivity index (χ3v) is 5.26. The van der Waals surface area contributed by atoms with Gasteiger partial charge >= 0.3 is 0 Å². The molecule has 0 amide bonds. The van der Waals surface area contributed by atoms with Crippen molar-refractivity contribution in [3.63, 3.8) is 0 Å². The van der Waals surface area contributed by atoms with Crippen LogP contribution in [0.1, 0.15) is 38.2 Å². The van der Waals surface area contributed by atoms with Crippen LogP contribution in [0, 0.1) is 12.8 Å². The second-order valence-electron chi connectivity index (χ2n) is 5.30. The van der Waals surface area contributed by atoms with Crippen molar-refractivity contribution in [3.8, 4) is 0 Å². The molecule has 1 aromatic rings. The summed E-state index contributed by atoms with van der Waals surface area (Å²) in [5.41, 5.74) is 1.07. The zero-order chi connectivity index (χ0) is 13.2. The van der Waals surface area contributed by atoms with Crippen LogP contribution < -0.4 is 4.72 Å². The van der Waals surface area contributed by atoms with E-state index in [1.54, 1.807) is 12.1 Å². The van der Waals surface area contributed by atoms with Crippen molar-refractivity contribution in [2.45, 2.75) is 50.5 Å². The second-order valence-corrected chi connectivity index (χ2v) is 7.02. The van der Waals surface area contributed by atoms with Crippen LogP contribution in [0.3, 0.4) is 0 Å². The predicted molar refractivity (Wildman–Crippen MR) is 72.9 cm³/mol. The summed E-state index contributed by atoms with van der Waals surface area (Å²) in [5.74, 6) is 0.430. The third-order valence-electron chi connectivity index (χ3n) is 3.75. The standard InChI is InChI=1S/C14H21NO2S/c1-11-7-9-13(10-8-11)18(16,17)15-14-6-4-3-5-12(14)2/h7-10,12,14-15H,3-6H2,1-2H3/t12-,14-/m0/s1. The van der Waals surface area contributed by atoms with Gasteiger partial charge in [-0.2, -0.15) is 0 Å². The topological polar surface area (TPSA) is 46.2 Å². The van der Waals surface area contributed by atoms with Crippen LogP contribution in [-0.4, -0.2) is 14.5 Å². The molecule has 1 aliphatic rings. The average molecular weight is 267 g/mol. The molecule has 1 N–H and O–H groups in total. The summed E-state index contributed by atoms with van der Waals surface area (Å²) >= 11 is 0. The molecule has 1 fully saturated rings. The van der Waals surface area contributed by atoms with Crippen LogP contribution in [0.15, 0.2) is 29.2 Å².